The van der Waals surface area contributed by atoms with E-state index in [1.807, 2.05) is 0 Å². The fraction of sp³-hybridized carbons (Fsp3) is 0.208. The van der Waals surface area contributed by atoms with Gasteiger partial charge < -0.3 is 15.2 Å². The molecule has 0 unspecified atom stereocenters. The average molecular weight is 525 g/mol. The van der Waals surface area contributed by atoms with Crippen molar-refractivity contribution >= 4 is 17.8 Å². The molecule has 0 aliphatic heterocycles. The zero-order chi connectivity index (χ0) is 26.3. The van der Waals surface area contributed by atoms with Gasteiger partial charge in [-0.15, -0.1) is 0 Å². The van der Waals surface area contributed by atoms with Gasteiger partial charge in [-0.3, -0.25) is 9.56 Å². The number of hydrogen-bond acceptors (Lipinski definition) is 6. The third-order valence-corrected chi connectivity index (χ3v) is 5.14. The van der Waals surface area contributed by atoms with Gasteiger partial charge >= 0.3 is 11.9 Å². The first kappa shape index (κ1) is 26.7. The Balaban J connectivity index is 1.59. The maximum absolute atomic E-state index is 14.4. The topological polar surface area (TPSA) is 91.7 Å². The number of alkyl halides is 3. The molecule has 0 fully saturated rings. The minimum absolute atomic E-state index is 0.00116. The van der Waals surface area contributed by atoms with E-state index in [2.05, 4.69) is 9.98 Å². The summed E-state index contributed by atoms with van der Waals surface area (Å²) in [5.41, 5.74) is 5.03. The smallest absolute Gasteiger partial charge is 0.417 e. The third-order valence-electron chi connectivity index (χ3n) is 4.81. The fourth-order valence-corrected chi connectivity index (χ4v) is 3.30. The zero-order valence-electron chi connectivity index (χ0n) is 18.9. The van der Waals surface area contributed by atoms with Gasteiger partial charge in [-0.1, -0.05) is 23.7 Å². The quantitative estimate of drug-likeness (QED) is 0.314. The SMILES string of the molecule is CN=CC(=CN)Cn1cc(F)c(OCCc2ccc(Oc3ccc(Cl)c(C(F)(F)F)c3)cc2)nc1=O. The minimum atomic E-state index is -4.60. The lowest BCUT2D eigenvalue weighted by atomic mass is 10.1. The van der Waals surface area contributed by atoms with Crippen molar-refractivity contribution in [3.05, 3.63) is 92.9 Å². The Labute approximate surface area is 208 Å². The van der Waals surface area contributed by atoms with E-state index < -0.39 is 34.1 Å². The molecule has 0 aliphatic rings. The largest absolute Gasteiger partial charge is 0.475 e. The predicted octanol–water partition coefficient (Wildman–Crippen LogP) is 5.01. The summed E-state index contributed by atoms with van der Waals surface area (Å²) in [6, 6.07) is 9.76. The molecular weight excluding hydrogens is 504 g/mol. The summed E-state index contributed by atoms with van der Waals surface area (Å²) in [7, 11) is 1.54. The van der Waals surface area contributed by atoms with Crippen LogP contribution in [-0.2, 0) is 19.1 Å². The van der Waals surface area contributed by atoms with Crippen molar-refractivity contribution in [3.63, 3.8) is 0 Å². The summed E-state index contributed by atoms with van der Waals surface area (Å²) in [4.78, 5) is 19.6. The molecule has 1 heterocycles. The summed E-state index contributed by atoms with van der Waals surface area (Å²) in [6.07, 6.45) is -0.579. The Bertz CT molecular complexity index is 1320. The average Bonchev–Trinajstić information content (AvgIpc) is 2.83. The maximum atomic E-state index is 14.4. The molecule has 0 saturated carbocycles. The van der Waals surface area contributed by atoms with E-state index >= 15 is 0 Å². The van der Waals surface area contributed by atoms with Crippen molar-refractivity contribution in [1.82, 2.24) is 9.55 Å². The van der Waals surface area contributed by atoms with Crippen molar-refractivity contribution in [2.45, 2.75) is 19.1 Å². The molecule has 7 nitrogen and oxygen atoms in total. The molecule has 0 spiro atoms. The number of aliphatic imine (C=N–C) groups is 1. The highest BCUT2D eigenvalue weighted by Crippen LogP contribution is 2.37. The van der Waals surface area contributed by atoms with Crippen LogP contribution in [0.2, 0.25) is 5.02 Å². The Morgan fingerprint density at radius 2 is 1.89 bits per heavy atom. The number of hydrogen-bond donors (Lipinski definition) is 1. The standard InChI is InChI=1S/C24H21ClF4N4O3/c1-31-12-16(11-30)13-33-14-21(26)22(32-23(33)34)35-9-8-15-2-4-17(5-3-15)36-18-6-7-20(25)19(10-18)24(27,28)29/h2-7,10-12,14H,8-9,13,30H2,1H3. The van der Waals surface area contributed by atoms with Crippen molar-refractivity contribution in [1.29, 1.82) is 0 Å². The highest BCUT2D eigenvalue weighted by Gasteiger charge is 2.33. The van der Waals surface area contributed by atoms with Crippen LogP contribution in [0.4, 0.5) is 17.6 Å². The molecule has 3 aromatic rings. The Kier molecular flexibility index (Phi) is 8.70. The van der Waals surface area contributed by atoms with Gasteiger partial charge in [0.05, 0.1) is 29.9 Å². The molecule has 12 heteroatoms. The highest BCUT2D eigenvalue weighted by atomic mass is 35.5. The molecule has 36 heavy (non-hydrogen) atoms. The van der Waals surface area contributed by atoms with Crippen LogP contribution in [-0.4, -0.2) is 29.4 Å². The van der Waals surface area contributed by atoms with Crippen LogP contribution in [0.25, 0.3) is 0 Å². The number of aromatic nitrogens is 2. The molecule has 0 aliphatic carbocycles. The molecule has 2 N–H and O–H groups in total. The summed E-state index contributed by atoms with van der Waals surface area (Å²) < 4.78 is 65.2. The third kappa shape index (κ3) is 7.08. The van der Waals surface area contributed by atoms with Gasteiger partial charge in [-0.05, 0) is 35.9 Å². The van der Waals surface area contributed by atoms with Crippen LogP contribution < -0.4 is 20.9 Å². The Hall–Kier alpha value is -3.86. The molecule has 0 saturated heterocycles. The summed E-state index contributed by atoms with van der Waals surface area (Å²) in [5, 5.41) is -0.420. The van der Waals surface area contributed by atoms with Crippen LogP contribution in [0.5, 0.6) is 17.4 Å². The molecule has 1 aromatic heterocycles. The lowest BCUT2D eigenvalue weighted by Crippen LogP contribution is -2.25. The van der Waals surface area contributed by atoms with Gasteiger partial charge in [0.2, 0.25) is 5.82 Å². The molecule has 0 atom stereocenters. The molecule has 0 radical (unpaired) electrons. The van der Waals surface area contributed by atoms with Crippen molar-refractivity contribution in [2.24, 2.45) is 10.7 Å². The van der Waals surface area contributed by atoms with E-state index in [0.29, 0.717) is 17.7 Å². The lowest BCUT2D eigenvalue weighted by Gasteiger charge is -2.12. The normalized spacial score (nSPS) is 12.2. The summed E-state index contributed by atoms with van der Waals surface area (Å²) >= 11 is 5.62. The Morgan fingerprint density at radius 1 is 1.19 bits per heavy atom. The van der Waals surface area contributed by atoms with Crippen molar-refractivity contribution in [3.8, 4) is 17.4 Å². The van der Waals surface area contributed by atoms with E-state index in [1.165, 1.54) is 25.5 Å². The summed E-state index contributed by atoms with van der Waals surface area (Å²) in [5.74, 6) is -0.952. The second-order valence-corrected chi connectivity index (χ2v) is 7.82. The van der Waals surface area contributed by atoms with Gasteiger partial charge in [-0.2, -0.15) is 22.5 Å². The fourth-order valence-electron chi connectivity index (χ4n) is 3.08. The molecule has 0 amide bonds. The highest BCUT2D eigenvalue weighted by molar-refractivity contribution is 6.31. The number of benzene rings is 2. The monoisotopic (exact) mass is 524 g/mol. The van der Waals surface area contributed by atoms with Crippen LogP contribution in [0, 0.1) is 5.82 Å². The first-order valence-electron chi connectivity index (χ1n) is 10.5. The molecule has 2 aromatic carbocycles. The number of rotatable bonds is 9. The lowest BCUT2D eigenvalue weighted by molar-refractivity contribution is -0.137. The van der Waals surface area contributed by atoms with Crippen LogP contribution >= 0.6 is 11.6 Å². The van der Waals surface area contributed by atoms with E-state index in [1.54, 1.807) is 24.3 Å². The number of allylic oxidation sites excluding steroid dienone is 1. The molecule has 0 bridgehead atoms. The first-order chi connectivity index (χ1) is 17.1. The van der Waals surface area contributed by atoms with E-state index in [0.717, 1.165) is 28.5 Å². The number of ether oxygens (including phenoxy) is 2. The van der Waals surface area contributed by atoms with Crippen LogP contribution in [0.15, 0.2) is 70.2 Å². The van der Waals surface area contributed by atoms with Gasteiger partial charge in [0.25, 0.3) is 5.88 Å². The number of nitrogens with two attached hydrogens (primary N) is 1. The second kappa shape index (κ2) is 11.7. The number of nitrogens with zero attached hydrogens (tertiary/aromatic N) is 3. The molecule has 3 rings (SSSR count). The molecule has 190 valence electrons. The van der Waals surface area contributed by atoms with Crippen LogP contribution in [0.3, 0.4) is 0 Å². The van der Waals surface area contributed by atoms with E-state index in [-0.39, 0.29) is 18.9 Å². The number of halogens is 5. The Morgan fingerprint density at radius 3 is 2.53 bits per heavy atom. The van der Waals surface area contributed by atoms with Gasteiger partial charge in [0.15, 0.2) is 0 Å². The van der Waals surface area contributed by atoms with Crippen LogP contribution in [0.1, 0.15) is 11.1 Å². The molecular formula is C24H21ClF4N4O3. The second-order valence-electron chi connectivity index (χ2n) is 7.42. The van der Waals surface area contributed by atoms with Crippen molar-refractivity contribution in [2.75, 3.05) is 13.7 Å². The predicted molar refractivity (Wildman–Crippen MR) is 127 cm³/mol. The first-order valence-corrected chi connectivity index (χ1v) is 10.8. The van der Waals surface area contributed by atoms with E-state index in [4.69, 9.17) is 26.8 Å². The van der Waals surface area contributed by atoms with Crippen molar-refractivity contribution < 1.29 is 27.0 Å². The zero-order valence-corrected chi connectivity index (χ0v) is 19.7. The van der Waals surface area contributed by atoms with E-state index in [9.17, 15) is 22.4 Å². The minimum Gasteiger partial charge on any atom is -0.475 e. The summed E-state index contributed by atoms with van der Waals surface area (Å²) in [6.45, 7) is 0.0228. The van der Waals surface area contributed by atoms with Gasteiger partial charge in [-0.25, -0.2) is 4.79 Å². The van der Waals surface area contributed by atoms with Gasteiger partial charge in [0.1, 0.15) is 11.5 Å². The van der Waals surface area contributed by atoms with Gasteiger partial charge in [0, 0.05) is 31.5 Å². The maximum Gasteiger partial charge on any atom is 0.417 e.